The summed E-state index contributed by atoms with van der Waals surface area (Å²) in [5.74, 6) is 2.38. The van der Waals surface area contributed by atoms with Crippen LogP contribution in [-0.4, -0.2) is 31.1 Å². The zero-order chi connectivity index (χ0) is 14.5. The average Bonchev–Trinajstić information content (AvgIpc) is 2.48. The lowest BCUT2D eigenvalue weighted by molar-refractivity contribution is 0.0964. The zero-order valence-electron chi connectivity index (χ0n) is 13.0. The molecule has 1 aromatic rings. The van der Waals surface area contributed by atoms with Crippen molar-refractivity contribution in [2.24, 2.45) is 17.6 Å². The van der Waals surface area contributed by atoms with Gasteiger partial charge in [-0.05, 0) is 51.3 Å². The summed E-state index contributed by atoms with van der Waals surface area (Å²) in [6, 6.07) is 8.79. The van der Waals surface area contributed by atoms with Crippen molar-refractivity contribution in [3.8, 4) is 5.75 Å². The zero-order valence-corrected chi connectivity index (χ0v) is 13.0. The van der Waals surface area contributed by atoms with Crippen molar-refractivity contribution in [3.05, 3.63) is 29.8 Å². The lowest BCUT2D eigenvalue weighted by atomic mass is 9.86. The van der Waals surface area contributed by atoms with Gasteiger partial charge in [-0.2, -0.15) is 0 Å². The van der Waals surface area contributed by atoms with Gasteiger partial charge in [0.2, 0.25) is 0 Å². The van der Waals surface area contributed by atoms with Crippen LogP contribution >= 0.6 is 0 Å². The molecule has 1 aliphatic rings. The van der Waals surface area contributed by atoms with E-state index in [1.807, 2.05) is 13.0 Å². The molecule has 0 aliphatic carbocycles. The number of hydrogen-bond donors (Lipinski definition) is 1. The minimum Gasteiger partial charge on any atom is -0.494 e. The van der Waals surface area contributed by atoms with Crippen molar-refractivity contribution in [2.75, 3.05) is 26.2 Å². The number of para-hydroxylation sites is 1. The molecule has 0 spiro atoms. The molecule has 3 atom stereocenters. The molecular formula is C17H28N2O. The third-order valence-electron chi connectivity index (χ3n) is 4.66. The highest BCUT2D eigenvalue weighted by atomic mass is 16.5. The highest BCUT2D eigenvalue weighted by molar-refractivity contribution is 5.35. The third kappa shape index (κ3) is 3.33. The Hall–Kier alpha value is -1.06. The van der Waals surface area contributed by atoms with E-state index in [-0.39, 0.29) is 0 Å². The maximum atomic E-state index is 5.92. The Kier molecular flexibility index (Phi) is 5.44. The van der Waals surface area contributed by atoms with E-state index in [1.165, 1.54) is 12.0 Å². The van der Waals surface area contributed by atoms with Gasteiger partial charge in [-0.1, -0.05) is 25.1 Å². The third-order valence-corrected chi connectivity index (χ3v) is 4.66. The largest absolute Gasteiger partial charge is 0.494 e. The Morgan fingerprint density at radius 1 is 1.40 bits per heavy atom. The van der Waals surface area contributed by atoms with Crippen molar-refractivity contribution in [3.63, 3.8) is 0 Å². The summed E-state index contributed by atoms with van der Waals surface area (Å²) in [4.78, 5) is 2.55. The summed E-state index contributed by atoms with van der Waals surface area (Å²) in [6.45, 7) is 10.4. The minimum atomic E-state index is 0.388. The second-order valence-corrected chi connectivity index (χ2v) is 5.90. The second kappa shape index (κ2) is 7.09. The normalized spacial score (nSPS) is 25.4. The first-order chi connectivity index (χ1) is 9.67. The van der Waals surface area contributed by atoms with Gasteiger partial charge in [-0.3, -0.25) is 4.90 Å². The molecular weight excluding hydrogens is 248 g/mol. The van der Waals surface area contributed by atoms with Gasteiger partial charge in [0.25, 0.3) is 0 Å². The van der Waals surface area contributed by atoms with E-state index in [2.05, 4.69) is 36.9 Å². The van der Waals surface area contributed by atoms with E-state index in [4.69, 9.17) is 10.5 Å². The van der Waals surface area contributed by atoms with Gasteiger partial charge in [0.1, 0.15) is 5.75 Å². The molecule has 2 rings (SSSR count). The fourth-order valence-electron chi connectivity index (χ4n) is 3.15. The molecule has 0 saturated carbocycles. The number of likely N-dealkylation sites (tertiary alicyclic amines) is 1. The Morgan fingerprint density at radius 2 is 2.15 bits per heavy atom. The van der Waals surface area contributed by atoms with Crippen molar-refractivity contribution in [1.82, 2.24) is 4.90 Å². The number of ether oxygens (including phenoxy) is 1. The van der Waals surface area contributed by atoms with E-state index in [0.29, 0.717) is 18.6 Å². The van der Waals surface area contributed by atoms with Crippen LogP contribution in [0, 0.1) is 11.8 Å². The van der Waals surface area contributed by atoms with Crippen LogP contribution in [0.4, 0.5) is 0 Å². The lowest BCUT2D eigenvalue weighted by Crippen LogP contribution is -2.43. The summed E-state index contributed by atoms with van der Waals surface area (Å²) < 4.78 is 5.77. The van der Waals surface area contributed by atoms with Crippen molar-refractivity contribution in [2.45, 2.75) is 33.2 Å². The van der Waals surface area contributed by atoms with Gasteiger partial charge >= 0.3 is 0 Å². The predicted octanol–water partition coefficient (Wildman–Crippen LogP) is 3.06. The molecule has 112 valence electrons. The molecule has 20 heavy (non-hydrogen) atoms. The number of hydrogen-bond acceptors (Lipinski definition) is 3. The maximum absolute atomic E-state index is 5.92. The van der Waals surface area contributed by atoms with Crippen molar-refractivity contribution in [1.29, 1.82) is 0 Å². The Morgan fingerprint density at radius 3 is 2.85 bits per heavy atom. The standard InChI is InChI=1S/C17H28N2O/c1-4-20-17-8-6-5-7-16(17)14(3)19-10-9-13(2)15(11-18)12-19/h5-8,13-15H,4,9-12,18H2,1-3H3. The summed E-state index contributed by atoms with van der Waals surface area (Å²) in [6.07, 6.45) is 1.24. The molecule has 1 aliphatic heterocycles. The van der Waals surface area contributed by atoms with E-state index >= 15 is 0 Å². The first-order valence-corrected chi connectivity index (χ1v) is 7.83. The SMILES string of the molecule is CCOc1ccccc1C(C)N1CCC(C)C(CN)C1. The first-order valence-electron chi connectivity index (χ1n) is 7.83. The first kappa shape index (κ1) is 15.3. The highest BCUT2D eigenvalue weighted by Gasteiger charge is 2.29. The Balaban J connectivity index is 2.13. The fraction of sp³-hybridized carbons (Fsp3) is 0.647. The van der Waals surface area contributed by atoms with Gasteiger partial charge in [0, 0.05) is 18.2 Å². The van der Waals surface area contributed by atoms with Crippen molar-refractivity contribution >= 4 is 0 Å². The molecule has 1 aromatic carbocycles. The number of benzene rings is 1. The van der Waals surface area contributed by atoms with E-state index in [9.17, 15) is 0 Å². The Labute approximate surface area is 123 Å². The van der Waals surface area contributed by atoms with E-state index in [1.54, 1.807) is 0 Å². The molecule has 0 bridgehead atoms. The molecule has 2 N–H and O–H groups in total. The summed E-state index contributed by atoms with van der Waals surface area (Å²) in [5.41, 5.74) is 7.21. The molecule has 1 fully saturated rings. The molecule has 1 heterocycles. The van der Waals surface area contributed by atoms with Crippen LogP contribution in [0.3, 0.4) is 0 Å². The molecule has 3 heteroatoms. The maximum Gasteiger partial charge on any atom is 0.124 e. The lowest BCUT2D eigenvalue weighted by Gasteiger charge is -2.40. The van der Waals surface area contributed by atoms with Crippen LogP contribution in [0.5, 0.6) is 5.75 Å². The number of nitrogens with two attached hydrogens (primary N) is 1. The minimum absolute atomic E-state index is 0.388. The monoisotopic (exact) mass is 276 g/mol. The molecule has 0 amide bonds. The van der Waals surface area contributed by atoms with Crippen LogP contribution in [0.25, 0.3) is 0 Å². The van der Waals surface area contributed by atoms with Crippen molar-refractivity contribution < 1.29 is 4.74 Å². The summed E-state index contributed by atoms with van der Waals surface area (Å²) in [5, 5.41) is 0. The highest BCUT2D eigenvalue weighted by Crippen LogP contribution is 2.33. The summed E-state index contributed by atoms with van der Waals surface area (Å²) in [7, 11) is 0. The van der Waals surface area contributed by atoms with Crippen LogP contribution < -0.4 is 10.5 Å². The second-order valence-electron chi connectivity index (χ2n) is 5.90. The Bertz CT molecular complexity index is 421. The van der Waals surface area contributed by atoms with E-state index < -0.39 is 0 Å². The quantitative estimate of drug-likeness (QED) is 0.898. The number of piperidine rings is 1. The van der Waals surface area contributed by atoms with Gasteiger partial charge in [0.15, 0.2) is 0 Å². The van der Waals surface area contributed by atoms with Gasteiger partial charge in [0.05, 0.1) is 6.61 Å². The van der Waals surface area contributed by atoms with Crippen LogP contribution in [0.2, 0.25) is 0 Å². The van der Waals surface area contributed by atoms with Crippen LogP contribution in [0.15, 0.2) is 24.3 Å². The topological polar surface area (TPSA) is 38.5 Å². The molecule has 1 saturated heterocycles. The molecule has 3 nitrogen and oxygen atoms in total. The van der Waals surface area contributed by atoms with Crippen LogP contribution in [0.1, 0.15) is 38.8 Å². The number of nitrogens with zero attached hydrogens (tertiary/aromatic N) is 1. The van der Waals surface area contributed by atoms with Gasteiger partial charge < -0.3 is 10.5 Å². The van der Waals surface area contributed by atoms with Crippen LogP contribution in [-0.2, 0) is 0 Å². The number of rotatable bonds is 5. The predicted molar refractivity (Wildman–Crippen MR) is 83.9 cm³/mol. The average molecular weight is 276 g/mol. The molecule has 0 radical (unpaired) electrons. The summed E-state index contributed by atoms with van der Waals surface area (Å²) >= 11 is 0. The van der Waals surface area contributed by atoms with Gasteiger partial charge in [-0.25, -0.2) is 0 Å². The molecule has 0 aromatic heterocycles. The van der Waals surface area contributed by atoms with Gasteiger partial charge in [-0.15, -0.1) is 0 Å². The molecule has 3 unspecified atom stereocenters. The smallest absolute Gasteiger partial charge is 0.124 e. The fourth-order valence-corrected chi connectivity index (χ4v) is 3.15. The van der Waals surface area contributed by atoms with E-state index in [0.717, 1.165) is 31.3 Å².